The van der Waals surface area contributed by atoms with Crippen LogP contribution in [0.15, 0.2) is 18.2 Å². The molecule has 18 heavy (non-hydrogen) atoms. The summed E-state index contributed by atoms with van der Waals surface area (Å²) in [7, 11) is 0. The lowest BCUT2D eigenvalue weighted by Crippen LogP contribution is -2.28. The van der Waals surface area contributed by atoms with Crippen molar-refractivity contribution in [3.63, 3.8) is 0 Å². The molecule has 0 saturated heterocycles. The van der Waals surface area contributed by atoms with Crippen LogP contribution in [0.4, 0.5) is 5.69 Å². The molecular formula is C13H16ClNO3. The van der Waals surface area contributed by atoms with Crippen LogP contribution in [-0.4, -0.2) is 11.0 Å². The Hall–Kier alpha value is -1.29. The molecule has 1 aliphatic rings. The number of benzene rings is 1. The van der Waals surface area contributed by atoms with Gasteiger partial charge in [0, 0.05) is 0 Å². The van der Waals surface area contributed by atoms with Gasteiger partial charge in [-0.15, -0.1) is 0 Å². The Morgan fingerprint density at radius 1 is 1.39 bits per heavy atom. The molecule has 2 rings (SSSR count). The minimum atomic E-state index is -0.481. The molecule has 1 aromatic carbocycles. The lowest BCUT2D eigenvalue weighted by atomic mass is 9.88. The van der Waals surface area contributed by atoms with Crippen LogP contribution in [0.3, 0.4) is 0 Å². The molecule has 0 heterocycles. The zero-order chi connectivity index (χ0) is 13.1. The van der Waals surface area contributed by atoms with E-state index in [1.807, 2.05) is 0 Å². The van der Waals surface area contributed by atoms with E-state index in [4.69, 9.17) is 16.3 Å². The van der Waals surface area contributed by atoms with Gasteiger partial charge in [-0.2, -0.15) is 0 Å². The summed E-state index contributed by atoms with van der Waals surface area (Å²) in [6.07, 6.45) is 4.43. The molecule has 2 atom stereocenters. The summed E-state index contributed by atoms with van der Waals surface area (Å²) in [5.41, 5.74) is -0.128. The van der Waals surface area contributed by atoms with Crippen molar-refractivity contribution < 1.29 is 9.66 Å². The monoisotopic (exact) mass is 269 g/mol. The fraction of sp³-hybridized carbons (Fsp3) is 0.538. The summed E-state index contributed by atoms with van der Waals surface area (Å²) >= 11 is 5.86. The summed E-state index contributed by atoms with van der Waals surface area (Å²) in [6.45, 7) is 2.13. The molecule has 98 valence electrons. The Labute approximate surface area is 111 Å². The Morgan fingerprint density at radius 2 is 2.11 bits per heavy atom. The van der Waals surface area contributed by atoms with Gasteiger partial charge in [-0.25, -0.2) is 0 Å². The Kier molecular flexibility index (Phi) is 4.07. The van der Waals surface area contributed by atoms with Crippen molar-refractivity contribution >= 4 is 17.3 Å². The highest BCUT2D eigenvalue weighted by Crippen LogP contribution is 2.37. The first kappa shape index (κ1) is 13.1. The van der Waals surface area contributed by atoms with E-state index in [0.29, 0.717) is 5.92 Å². The van der Waals surface area contributed by atoms with Gasteiger partial charge in [-0.05, 0) is 37.3 Å². The number of nitro benzene ring substituents is 1. The average molecular weight is 270 g/mol. The van der Waals surface area contributed by atoms with E-state index in [9.17, 15) is 10.1 Å². The molecule has 0 amide bonds. The summed E-state index contributed by atoms with van der Waals surface area (Å²) in [5, 5.41) is 11.1. The highest BCUT2D eigenvalue weighted by molar-refractivity contribution is 6.32. The topological polar surface area (TPSA) is 52.4 Å². The van der Waals surface area contributed by atoms with E-state index in [0.717, 1.165) is 19.3 Å². The van der Waals surface area contributed by atoms with Gasteiger partial charge in [0.15, 0.2) is 5.75 Å². The van der Waals surface area contributed by atoms with Gasteiger partial charge in [0.25, 0.3) is 0 Å². The van der Waals surface area contributed by atoms with E-state index in [-0.39, 0.29) is 22.6 Å². The molecule has 0 radical (unpaired) electrons. The summed E-state index contributed by atoms with van der Waals surface area (Å²) in [6, 6.07) is 4.81. The van der Waals surface area contributed by atoms with Crippen molar-refractivity contribution in [3.05, 3.63) is 33.3 Å². The van der Waals surface area contributed by atoms with Gasteiger partial charge in [0.05, 0.1) is 4.92 Å². The number of hydrogen-bond donors (Lipinski definition) is 0. The van der Waals surface area contributed by atoms with Crippen molar-refractivity contribution in [1.82, 2.24) is 0 Å². The smallest absolute Gasteiger partial charge is 0.329 e. The number of rotatable bonds is 3. The highest BCUT2D eigenvalue weighted by Gasteiger charge is 2.27. The number of para-hydroxylation sites is 1. The lowest BCUT2D eigenvalue weighted by Gasteiger charge is -2.29. The number of halogens is 1. The summed E-state index contributed by atoms with van der Waals surface area (Å²) in [4.78, 5) is 10.5. The number of nitrogens with zero attached hydrogens (tertiary/aromatic N) is 1. The maximum atomic E-state index is 11.0. The van der Waals surface area contributed by atoms with Crippen molar-refractivity contribution in [1.29, 1.82) is 0 Å². The maximum Gasteiger partial charge on any atom is 0.329 e. The molecule has 0 bridgehead atoms. The van der Waals surface area contributed by atoms with Gasteiger partial charge < -0.3 is 4.74 Å². The van der Waals surface area contributed by atoms with Crippen LogP contribution >= 0.6 is 11.6 Å². The molecule has 1 aromatic rings. The Balaban J connectivity index is 2.23. The molecule has 5 heteroatoms. The van der Waals surface area contributed by atoms with Gasteiger partial charge in [0.1, 0.15) is 11.1 Å². The predicted molar refractivity (Wildman–Crippen MR) is 70.2 cm³/mol. The van der Waals surface area contributed by atoms with Gasteiger partial charge in [0.2, 0.25) is 0 Å². The van der Waals surface area contributed by atoms with Crippen LogP contribution in [0.1, 0.15) is 32.6 Å². The average Bonchev–Trinajstić information content (AvgIpc) is 2.31. The van der Waals surface area contributed by atoms with E-state index in [2.05, 4.69) is 6.92 Å². The quantitative estimate of drug-likeness (QED) is 0.610. The van der Waals surface area contributed by atoms with Crippen molar-refractivity contribution in [3.8, 4) is 5.75 Å². The highest BCUT2D eigenvalue weighted by atomic mass is 35.5. The minimum Gasteiger partial charge on any atom is -0.483 e. The van der Waals surface area contributed by atoms with Crippen molar-refractivity contribution in [2.75, 3.05) is 0 Å². The van der Waals surface area contributed by atoms with Crippen LogP contribution in [0.2, 0.25) is 5.02 Å². The molecule has 0 spiro atoms. The fourth-order valence-corrected chi connectivity index (χ4v) is 2.62. The summed E-state index contributed by atoms with van der Waals surface area (Å²) < 4.78 is 5.81. The Bertz CT molecular complexity index is 450. The number of nitro groups is 1. The van der Waals surface area contributed by atoms with Gasteiger partial charge in [-0.1, -0.05) is 31.0 Å². The third kappa shape index (κ3) is 2.75. The molecule has 1 aliphatic carbocycles. The zero-order valence-corrected chi connectivity index (χ0v) is 11.0. The van der Waals surface area contributed by atoms with Crippen LogP contribution in [0.25, 0.3) is 0 Å². The first-order valence-electron chi connectivity index (χ1n) is 6.19. The van der Waals surface area contributed by atoms with Crippen molar-refractivity contribution in [2.24, 2.45) is 5.92 Å². The van der Waals surface area contributed by atoms with Crippen LogP contribution in [0.5, 0.6) is 5.75 Å². The zero-order valence-electron chi connectivity index (χ0n) is 10.3. The second-order valence-electron chi connectivity index (χ2n) is 4.76. The van der Waals surface area contributed by atoms with E-state index >= 15 is 0 Å². The second-order valence-corrected chi connectivity index (χ2v) is 5.17. The van der Waals surface area contributed by atoms with Crippen LogP contribution in [0, 0.1) is 16.0 Å². The largest absolute Gasteiger partial charge is 0.483 e. The molecular weight excluding hydrogens is 254 g/mol. The second kappa shape index (κ2) is 5.57. The number of hydrogen-bond acceptors (Lipinski definition) is 3. The van der Waals surface area contributed by atoms with E-state index in [1.165, 1.54) is 12.5 Å². The van der Waals surface area contributed by atoms with Crippen LogP contribution in [-0.2, 0) is 0 Å². The first-order valence-corrected chi connectivity index (χ1v) is 6.57. The molecule has 0 aliphatic heterocycles. The standard InChI is InChI=1S/C13H16ClNO3/c1-9-5-2-3-7-11(9)18-12-8-4-6-10(14)13(12)15(16)17/h4,6,8-9,11H,2-3,5,7H2,1H3. The molecule has 1 fully saturated rings. The Morgan fingerprint density at radius 3 is 2.78 bits per heavy atom. The van der Waals surface area contributed by atoms with E-state index < -0.39 is 4.92 Å². The SMILES string of the molecule is CC1CCCCC1Oc1cccc(Cl)c1[N+](=O)[O-]. The maximum absolute atomic E-state index is 11.0. The lowest BCUT2D eigenvalue weighted by molar-refractivity contribution is -0.386. The van der Waals surface area contributed by atoms with Gasteiger partial charge >= 0.3 is 5.69 Å². The predicted octanol–water partition coefficient (Wildman–Crippen LogP) is 4.21. The number of ether oxygens (including phenoxy) is 1. The first-order chi connectivity index (χ1) is 8.59. The van der Waals surface area contributed by atoms with E-state index in [1.54, 1.807) is 12.1 Å². The minimum absolute atomic E-state index is 0.0518. The molecule has 1 saturated carbocycles. The van der Waals surface area contributed by atoms with Gasteiger partial charge in [-0.3, -0.25) is 10.1 Å². The third-order valence-electron chi connectivity index (χ3n) is 3.44. The summed E-state index contributed by atoms with van der Waals surface area (Å²) in [5.74, 6) is 0.712. The molecule has 0 N–H and O–H groups in total. The fourth-order valence-electron chi connectivity index (χ4n) is 2.39. The molecule has 4 nitrogen and oxygen atoms in total. The normalized spacial score (nSPS) is 23.7. The van der Waals surface area contributed by atoms with Crippen molar-refractivity contribution in [2.45, 2.75) is 38.7 Å². The molecule has 0 aromatic heterocycles. The third-order valence-corrected chi connectivity index (χ3v) is 3.75. The molecule has 2 unspecified atom stereocenters. The van der Waals surface area contributed by atoms with Crippen LogP contribution < -0.4 is 4.74 Å².